The van der Waals surface area contributed by atoms with Crippen LogP contribution in [0.25, 0.3) is 0 Å². The predicted octanol–water partition coefficient (Wildman–Crippen LogP) is -0.880. The maximum atomic E-state index is 10.3. The van der Waals surface area contributed by atoms with Gasteiger partial charge in [0, 0.05) is 0 Å². The molecule has 0 aliphatic carbocycles. The number of amides is 1. The average molecular weight is 150 g/mol. The van der Waals surface area contributed by atoms with Gasteiger partial charge in [-0.2, -0.15) is 0 Å². The normalized spacial score (nSPS) is 13.6. The van der Waals surface area contributed by atoms with Crippen molar-refractivity contribution in [2.45, 2.75) is 6.92 Å². The van der Waals surface area contributed by atoms with Gasteiger partial charge in [0.15, 0.2) is 0 Å². The Kier molecular flexibility index (Phi) is 3.89. The topological polar surface area (TPSA) is 96.0 Å². The average Bonchev–Trinajstić information content (AvgIpc) is 1.82. The highest BCUT2D eigenvalue weighted by Crippen LogP contribution is 1.93. The van der Waals surface area contributed by atoms with Crippen molar-refractivity contribution in [1.29, 1.82) is 0 Å². The van der Waals surface area contributed by atoms with Crippen LogP contribution < -0.4 is 5.73 Å². The molecule has 0 bridgehead atoms. The summed E-state index contributed by atoms with van der Waals surface area (Å²) in [6, 6.07) is 0. The van der Waals surface area contributed by atoms with Gasteiger partial charge >= 0.3 is 0 Å². The third kappa shape index (κ3) is 4.21. The van der Waals surface area contributed by atoms with Crippen LogP contribution in [0.1, 0.15) is 6.92 Å². The fourth-order valence-electron chi connectivity index (χ4n) is 0.261. The molecular weight excluding hydrogens is 140 g/mol. The number of primary amides is 1. The van der Waals surface area contributed by atoms with E-state index in [-0.39, 0.29) is 6.61 Å². The van der Waals surface area contributed by atoms with E-state index < -0.39 is 17.2 Å². The first kappa shape index (κ1) is 9.31. The zero-order valence-corrected chi connectivity index (χ0v) is 5.52. The molecule has 0 saturated carbocycles. The maximum Gasteiger partial charge on any atom is 0.222 e. The molecule has 0 aliphatic heterocycles. The van der Waals surface area contributed by atoms with E-state index in [1.165, 1.54) is 6.92 Å². The molecule has 1 amide bonds. The van der Waals surface area contributed by atoms with E-state index in [4.69, 9.17) is 16.1 Å². The first-order valence-electron chi connectivity index (χ1n) is 2.64. The van der Waals surface area contributed by atoms with Crippen LogP contribution in [0, 0.1) is 5.92 Å². The summed E-state index contributed by atoms with van der Waals surface area (Å²) in [5, 5.41) is 15.5. The fourth-order valence-corrected chi connectivity index (χ4v) is 0.261. The van der Waals surface area contributed by atoms with Crippen molar-refractivity contribution in [3.63, 3.8) is 0 Å². The lowest BCUT2D eigenvalue weighted by Gasteiger charge is -2.08. The molecule has 0 radical (unpaired) electrons. The van der Waals surface area contributed by atoms with E-state index in [0.717, 1.165) is 0 Å². The number of nitrogens with zero attached hydrogens (tertiary/aromatic N) is 1. The van der Waals surface area contributed by atoms with Crippen molar-refractivity contribution in [2.24, 2.45) is 11.7 Å². The molecule has 0 spiro atoms. The summed E-state index contributed by atoms with van der Waals surface area (Å²) in [5.74, 6) is -1.09. The van der Waals surface area contributed by atoms with E-state index in [0.29, 0.717) is 0 Å². The molecule has 0 aromatic rings. The number of rotatable bonds is 4. The lowest BCUT2D eigenvalue weighted by Crippen LogP contribution is -2.27. The molecule has 10 heavy (non-hydrogen) atoms. The lowest BCUT2D eigenvalue weighted by molar-refractivity contribution is -0.493. The molecule has 0 unspecified atom stereocenters. The van der Waals surface area contributed by atoms with Gasteiger partial charge < -0.3 is 5.73 Å². The molecule has 4 N–H and O–H groups in total. The first-order chi connectivity index (χ1) is 4.54. The van der Waals surface area contributed by atoms with Crippen molar-refractivity contribution >= 4 is 5.91 Å². The monoisotopic (exact) mass is 150 g/mol. The van der Waals surface area contributed by atoms with Crippen LogP contribution in [0.3, 0.4) is 0 Å². The van der Waals surface area contributed by atoms with E-state index in [9.17, 15) is 4.79 Å². The van der Waals surface area contributed by atoms with Crippen molar-refractivity contribution < 1.29 is 20.0 Å². The number of hydrogen-bond acceptors (Lipinski definition) is 5. The second-order valence-corrected chi connectivity index (χ2v) is 1.85. The van der Waals surface area contributed by atoms with Crippen molar-refractivity contribution in [3.05, 3.63) is 0 Å². The highest BCUT2D eigenvalue weighted by atomic mass is 17.1. The van der Waals surface area contributed by atoms with Crippen LogP contribution in [0.4, 0.5) is 0 Å². The Morgan fingerprint density at radius 2 is 2.30 bits per heavy atom. The van der Waals surface area contributed by atoms with E-state index in [2.05, 4.69) is 4.84 Å². The van der Waals surface area contributed by atoms with Crippen molar-refractivity contribution in [3.8, 4) is 0 Å². The van der Waals surface area contributed by atoms with Crippen LogP contribution in [-0.2, 0) is 9.63 Å². The molecule has 0 fully saturated rings. The Labute approximate surface area is 57.7 Å². The van der Waals surface area contributed by atoms with Gasteiger partial charge in [0.1, 0.15) is 0 Å². The van der Waals surface area contributed by atoms with Gasteiger partial charge in [0.25, 0.3) is 0 Å². The zero-order chi connectivity index (χ0) is 8.15. The molecule has 6 nitrogen and oxygen atoms in total. The highest BCUT2D eigenvalue weighted by Gasteiger charge is 2.09. The summed E-state index contributed by atoms with van der Waals surface area (Å²) in [5.41, 5.74) is 4.82. The van der Waals surface area contributed by atoms with Crippen LogP contribution in [0.2, 0.25) is 0 Å². The van der Waals surface area contributed by atoms with Crippen LogP contribution >= 0.6 is 0 Å². The van der Waals surface area contributed by atoms with Gasteiger partial charge in [-0.3, -0.25) is 20.0 Å². The number of nitrogens with two attached hydrogens (primary N) is 1. The summed E-state index contributed by atoms with van der Waals surface area (Å²) in [6.07, 6.45) is 0. The summed E-state index contributed by atoms with van der Waals surface area (Å²) < 4.78 is 0. The lowest BCUT2D eigenvalue weighted by atomic mass is 10.2. The molecule has 6 heteroatoms. The Hall–Kier alpha value is -0.690. The molecule has 0 heterocycles. The minimum Gasteiger partial charge on any atom is -0.369 e. The predicted molar refractivity (Wildman–Crippen MR) is 29.7 cm³/mol. The van der Waals surface area contributed by atoms with Gasteiger partial charge in [-0.25, -0.2) is 0 Å². The smallest absolute Gasteiger partial charge is 0.222 e. The quantitative estimate of drug-likeness (QED) is 0.452. The third-order valence-electron chi connectivity index (χ3n) is 0.926. The standard InChI is InChI=1S/C4H10N2O4/c1-3(4(5)7)2-10-6(8)9/h3,8-9H,2H2,1H3,(H2,5,7)/t3-/m0/s1. The van der Waals surface area contributed by atoms with Crippen molar-refractivity contribution in [1.82, 2.24) is 5.39 Å². The Morgan fingerprint density at radius 3 is 2.60 bits per heavy atom. The largest absolute Gasteiger partial charge is 0.369 e. The SMILES string of the molecule is C[C@@H](CON(O)O)C(N)=O. The molecule has 0 aromatic heterocycles. The fraction of sp³-hybridized carbons (Fsp3) is 0.750. The second kappa shape index (κ2) is 4.18. The van der Waals surface area contributed by atoms with Crippen LogP contribution in [0.5, 0.6) is 0 Å². The maximum absolute atomic E-state index is 10.3. The molecule has 60 valence electrons. The molecular formula is C4H10N2O4. The van der Waals surface area contributed by atoms with E-state index >= 15 is 0 Å². The van der Waals surface area contributed by atoms with E-state index in [1.807, 2.05) is 0 Å². The second-order valence-electron chi connectivity index (χ2n) is 1.85. The van der Waals surface area contributed by atoms with Gasteiger partial charge in [0.05, 0.1) is 17.9 Å². The van der Waals surface area contributed by atoms with Crippen molar-refractivity contribution in [2.75, 3.05) is 6.61 Å². The van der Waals surface area contributed by atoms with E-state index in [1.54, 1.807) is 0 Å². The number of carbonyl (C=O) groups excluding carboxylic acids is 1. The van der Waals surface area contributed by atoms with Gasteiger partial charge in [0.2, 0.25) is 5.91 Å². The summed E-state index contributed by atoms with van der Waals surface area (Å²) in [7, 11) is 0. The van der Waals surface area contributed by atoms with Gasteiger partial charge in [-0.05, 0) is 0 Å². The first-order valence-corrected chi connectivity index (χ1v) is 2.64. The minimum atomic E-state index is -0.554. The molecule has 0 rings (SSSR count). The Bertz CT molecular complexity index is 116. The summed E-state index contributed by atoms with van der Waals surface area (Å²) in [4.78, 5) is 14.4. The Morgan fingerprint density at radius 1 is 1.80 bits per heavy atom. The van der Waals surface area contributed by atoms with Crippen LogP contribution in [-0.4, -0.2) is 28.3 Å². The molecule has 0 saturated heterocycles. The van der Waals surface area contributed by atoms with Crippen LogP contribution in [0.15, 0.2) is 0 Å². The van der Waals surface area contributed by atoms with Gasteiger partial charge in [-0.1, -0.05) is 6.92 Å². The zero-order valence-electron chi connectivity index (χ0n) is 5.52. The highest BCUT2D eigenvalue weighted by molar-refractivity contribution is 5.76. The summed E-state index contributed by atoms with van der Waals surface area (Å²) in [6.45, 7) is 1.36. The summed E-state index contributed by atoms with van der Waals surface area (Å²) >= 11 is 0. The van der Waals surface area contributed by atoms with Gasteiger partial charge in [-0.15, -0.1) is 0 Å². The minimum absolute atomic E-state index is 0.150. The number of carbonyl (C=O) groups is 1. The molecule has 0 aliphatic rings. The molecule has 0 aromatic carbocycles. The number of hydrogen-bond donors (Lipinski definition) is 3. The third-order valence-corrected chi connectivity index (χ3v) is 0.926. The molecule has 1 atom stereocenters. The Balaban J connectivity index is 3.40.